The van der Waals surface area contributed by atoms with Crippen LogP contribution in [0.5, 0.6) is 0 Å². The van der Waals surface area contributed by atoms with Crippen molar-refractivity contribution >= 4 is 22.6 Å². The number of hydrogen-bond donors (Lipinski definition) is 1. The molecule has 0 aliphatic heterocycles. The number of aromatic nitrogens is 4. The van der Waals surface area contributed by atoms with Crippen molar-refractivity contribution in [1.29, 1.82) is 0 Å². The molecule has 4 atom stereocenters. The Morgan fingerprint density at radius 2 is 1.37 bits per heavy atom. The van der Waals surface area contributed by atoms with E-state index in [0.717, 1.165) is 17.5 Å². The van der Waals surface area contributed by atoms with E-state index in [0.29, 0.717) is 18.4 Å². The lowest BCUT2D eigenvalue weighted by Crippen LogP contribution is -2.35. The molecule has 6 nitrogen and oxygen atoms in total. The molecule has 0 unspecified atom stereocenters. The van der Waals surface area contributed by atoms with E-state index in [1.54, 1.807) is 0 Å². The maximum Gasteiger partial charge on any atom is 0.270 e. The van der Waals surface area contributed by atoms with Crippen molar-refractivity contribution < 1.29 is 0 Å². The van der Waals surface area contributed by atoms with Crippen molar-refractivity contribution in [3.63, 3.8) is 0 Å². The summed E-state index contributed by atoms with van der Waals surface area (Å²) in [5.74, 6) is 0.877. The molecule has 1 aromatic carbocycles. The molecule has 2 fully saturated rings. The van der Waals surface area contributed by atoms with Crippen LogP contribution in [0.25, 0.3) is 0 Å². The van der Waals surface area contributed by atoms with Crippen molar-refractivity contribution in [3.05, 3.63) is 76.6 Å². The van der Waals surface area contributed by atoms with Gasteiger partial charge >= 0.3 is 0 Å². The molecule has 2 saturated carbocycles. The highest BCUT2D eigenvalue weighted by Crippen LogP contribution is 2.67. The lowest BCUT2D eigenvalue weighted by Gasteiger charge is -2.36. The highest BCUT2D eigenvalue weighted by Gasteiger charge is 2.63. The fourth-order valence-corrected chi connectivity index (χ4v) is 9.35. The van der Waals surface area contributed by atoms with Gasteiger partial charge in [-0.05, 0) is 88.6 Å². The highest BCUT2D eigenvalue weighted by atomic mass is 127. The Bertz CT molecular complexity index is 1570. The summed E-state index contributed by atoms with van der Waals surface area (Å²) < 4.78 is 7.24. The lowest BCUT2D eigenvalue weighted by atomic mass is 9.70. The summed E-state index contributed by atoms with van der Waals surface area (Å²) in [5.41, 5.74) is 6.98. The van der Waals surface area contributed by atoms with Crippen LogP contribution in [-0.4, -0.2) is 19.1 Å². The van der Waals surface area contributed by atoms with Gasteiger partial charge in [-0.25, -0.2) is 4.68 Å². The third-order valence-corrected chi connectivity index (χ3v) is 12.7. The smallest absolute Gasteiger partial charge is 0.270 e. The molecule has 3 aromatic rings. The number of aryl methyl sites for hydroxylation is 1. The Morgan fingerprint density at radius 3 is 1.89 bits per heavy atom. The van der Waals surface area contributed by atoms with Crippen LogP contribution < -0.4 is 11.1 Å². The van der Waals surface area contributed by atoms with Crippen LogP contribution in [-0.2, 0) is 31.5 Å². The van der Waals surface area contributed by atoms with Gasteiger partial charge in [0.2, 0.25) is 0 Å². The van der Waals surface area contributed by atoms with Gasteiger partial charge < -0.3 is 0 Å². The normalized spacial score (nSPS) is 30.8. The fourth-order valence-electron chi connectivity index (χ4n) is 8.99. The zero-order chi connectivity index (χ0) is 27.6. The average Bonchev–Trinajstić information content (AvgIpc) is 3.54. The first-order valence-electron chi connectivity index (χ1n) is 14.0. The van der Waals surface area contributed by atoms with Crippen LogP contribution >= 0.6 is 22.6 Å². The molecule has 204 valence electrons. The fraction of sp³-hybridized carbons (Fsp3) is 0.613. The minimum Gasteiger partial charge on any atom is -0.291 e. The lowest BCUT2D eigenvalue weighted by molar-refractivity contribution is 0.215. The summed E-state index contributed by atoms with van der Waals surface area (Å²) in [5, 5.41) is 2.90. The SMILES string of the molecule is Cn1[nH]c(=O)c2c1[C@]1(C)CC[C@H]2C1(C)C.Cn1c2c(c(=O)n1Cc1ccc(I)cc1)[C@H]1CC[C@]2(C)C1(C)C. The molecule has 7 rings (SSSR count). The molecule has 1 N–H and O–H groups in total. The summed E-state index contributed by atoms with van der Waals surface area (Å²) in [7, 11) is 4.03. The zero-order valence-corrected chi connectivity index (χ0v) is 26.2. The van der Waals surface area contributed by atoms with Crippen LogP contribution in [0.4, 0.5) is 0 Å². The molecule has 7 heteroatoms. The number of nitrogens with zero attached hydrogens (tertiary/aromatic N) is 3. The predicted molar refractivity (Wildman–Crippen MR) is 160 cm³/mol. The van der Waals surface area contributed by atoms with E-state index in [1.807, 2.05) is 16.4 Å². The van der Waals surface area contributed by atoms with E-state index in [2.05, 4.69) is 105 Å². The van der Waals surface area contributed by atoms with Crippen molar-refractivity contribution in [2.75, 3.05) is 0 Å². The quantitative estimate of drug-likeness (QED) is 0.359. The van der Waals surface area contributed by atoms with E-state index in [1.165, 1.54) is 39.8 Å². The Labute approximate surface area is 238 Å². The number of nitrogens with one attached hydrogen (secondary N) is 1. The van der Waals surface area contributed by atoms with Crippen LogP contribution in [0.2, 0.25) is 0 Å². The Morgan fingerprint density at radius 1 is 0.842 bits per heavy atom. The molecule has 4 aliphatic carbocycles. The highest BCUT2D eigenvalue weighted by molar-refractivity contribution is 14.1. The number of fused-ring (bicyclic) bond motifs is 10. The molecular weight excluding hydrogens is 587 g/mol. The van der Waals surface area contributed by atoms with Gasteiger partial charge in [0.15, 0.2) is 0 Å². The first-order chi connectivity index (χ1) is 17.7. The molecule has 0 amide bonds. The first-order valence-corrected chi connectivity index (χ1v) is 15.1. The van der Waals surface area contributed by atoms with Gasteiger partial charge in [0, 0.05) is 45.3 Å². The Kier molecular flexibility index (Phi) is 5.53. The van der Waals surface area contributed by atoms with Crippen LogP contribution in [0.15, 0.2) is 33.9 Å². The monoisotopic (exact) mass is 628 g/mol. The maximum absolute atomic E-state index is 13.1. The van der Waals surface area contributed by atoms with Gasteiger partial charge in [0.25, 0.3) is 11.1 Å². The molecule has 2 heterocycles. The van der Waals surface area contributed by atoms with Crippen molar-refractivity contribution in [3.8, 4) is 0 Å². The van der Waals surface area contributed by atoms with E-state index in [4.69, 9.17) is 0 Å². The third kappa shape index (κ3) is 3.05. The van der Waals surface area contributed by atoms with E-state index >= 15 is 0 Å². The Hall–Kier alpha value is -2.03. The van der Waals surface area contributed by atoms with Crippen LogP contribution in [0, 0.1) is 14.4 Å². The van der Waals surface area contributed by atoms with E-state index in [9.17, 15) is 9.59 Å². The maximum atomic E-state index is 13.1. The first kappa shape index (κ1) is 26.2. The summed E-state index contributed by atoms with van der Waals surface area (Å²) in [6.45, 7) is 14.6. The number of hydrogen-bond acceptors (Lipinski definition) is 2. The minimum absolute atomic E-state index is 0.123. The van der Waals surface area contributed by atoms with Gasteiger partial charge in [-0.15, -0.1) is 0 Å². The van der Waals surface area contributed by atoms with E-state index in [-0.39, 0.29) is 32.8 Å². The second kappa shape index (κ2) is 8.01. The summed E-state index contributed by atoms with van der Waals surface area (Å²) in [6.07, 6.45) is 4.73. The molecule has 0 saturated heterocycles. The number of aromatic amines is 1. The number of H-pyrrole nitrogens is 1. The third-order valence-electron chi connectivity index (χ3n) is 12.0. The molecule has 0 spiro atoms. The molecular formula is C31H41IN4O2. The second-order valence-electron chi connectivity index (χ2n) is 13.8. The Balaban J connectivity index is 0.000000152. The second-order valence-corrected chi connectivity index (χ2v) is 15.1. The molecule has 38 heavy (non-hydrogen) atoms. The summed E-state index contributed by atoms with van der Waals surface area (Å²) >= 11 is 2.31. The van der Waals surface area contributed by atoms with Gasteiger partial charge in [0.1, 0.15) is 0 Å². The summed E-state index contributed by atoms with van der Waals surface area (Å²) in [6, 6.07) is 8.44. The molecule has 0 radical (unpaired) electrons. The summed E-state index contributed by atoms with van der Waals surface area (Å²) in [4.78, 5) is 25.0. The van der Waals surface area contributed by atoms with Crippen molar-refractivity contribution in [1.82, 2.24) is 19.1 Å². The largest absolute Gasteiger partial charge is 0.291 e. The van der Waals surface area contributed by atoms with Gasteiger partial charge in [-0.2, -0.15) is 0 Å². The topological polar surface area (TPSA) is 64.7 Å². The van der Waals surface area contributed by atoms with Crippen molar-refractivity contribution in [2.24, 2.45) is 24.9 Å². The average molecular weight is 629 g/mol. The molecule has 4 aliphatic rings. The predicted octanol–water partition coefficient (Wildman–Crippen LogP) is 5.90. The van der Waals surface area contributed by atoms with Crippen LogP contribution in [0.1, 0.15) is 107 Å². The number of benzene rings is 1. The number of rotatable bonds is 2. The van der Waals surface area contributed by atoms with Gasteiger partial charge in [-0.3, -0.25) is 24.1 Å². The van der Waals surface area contributed by atoms with Gasteiger partial charge in [-0.1, -0.05) is 53.7 Å². The van der Waals surface area contributed by atoms with Crippen LogP contribution in [0.3, 0.4) is 0 Å². The molecule has 4 bridgehead atoms. The zero-order valence-electron chi connectivity index (χ0n) is 24.0. The van der Waals surface area contributed by atoms with Crippen molar-refractivity contribution in [2.45, 2.75) is 96.4 Å². The minimum atomic E-state index is 0.123. The molecule has 2 aromatic heterocycles. The number of halogens is 1. The van der Waals surface area contributed by atoms with Gasteiger partial charge in [0.05, 0.1) is 12.2 Å². The van der Waals surface area contributed by atoms with E-state index < -0.39 is 0 Å². The standard InChI is InChI=1S/C19H23IN2O.C12H18N2O/c1-18(2)14-9-10-19(18,3)16-15(14)17(23)22(21(16)4)11-12-5-7-13(20)8-6-12;1-11(2)7-5-6-12(11,3)9-8(7)10(15)13-14(9)4/h5-8,14H,9-11H2,1-4H3;7H,5-6H2,1-4H3,(H,13,15)/t14-,19+;7-,12+/m11/s1.